The lowest BCUT2D eigenvalue weighted by molar-refractivity contribution is -0.141. The minimum atomic E-state index is -4.33. The summed E-state index contributed by atoms with van der Waals surface area (Å²) < 4.78 is 45.0. The average Bonchev–Trinajstić information content (AvgIpc) is 3.02. The highest BCUT2D eigenvalue weighted by Crippen LogP contribution is 2.29. The molecule has 0 radical (unpaired) electrons. The SMILES string of the molecule is Cc1cc(C(=O)CSc2nnc(OC(C)C)s2)c(C)n1CC(F)(F)F. The van der Waals surface area contributed by atoms with Crippen molar-refractivity contribution in [2.45, 2.75) is 50.9 Å². The van der Waals surface area contributed by atoms with E-state index in [9.17, 15) is 18.0 Å². The van der Waals surface area contributed by atoms with Gasteiger partial charge >= 0.3 is 6.18 Å². The van der Waals surface area contributed by atoms with Crippen molar-refractivity contribution in [3.8, 4) is 5.19 Å². The standard InChI is InChI=1S/C15H18F3N3O2S2/c1-8(2)23-13-19-20-14(25-13)24-6-12(22)11-5-9(3)21(10(11)4)7-15(16,17)18/h5,8H,6-7H2,1-4H3. The molecule has 0 amide bonds. The number of ether oxygens (including phenoxy) is 1. The maximum Gasteiger partial charge on any atom is 0.406 e. The molecule has 5 nitrogen and oxygen atoms in total. The fourth-order valence-corrected chi connectivity index (χ4v) is 3.90. The molecule has 0 bridgehead atoms. The molecule has 2 rings (SSSR count). The molecular weight excluding hydrogens is 375 g/mol. The van der Waals surface area contributed by atoms with Crippen molar-refractivity contribution in [2.24, 2.45) is 0 Å². The number of halogens is 3. The number of alkyl halides is 3. The van der Waals surface area contributed by atoms with Crippen molar-refractivity contribution in [1.29, 1.82) is 0 Å². The topological polar surface area (TPSA) is 57.0 Å². The van der Waals surface area contributed by atoms with Gasteiger partial charge in [0.25, 0.3) is 5.19 Å². The van der Waals surface area contributed by atoms with Crippen molar-refractivity contribution in [2.75, 3.05) is 5.75 Å². The van der Waals surface area contributed by atoms with E-state index < -0.39 is 12.7 Å². The molecule has 2 heterocycles. The minimum absolute atomic E-state index is 0.0218. The van der Waals surface area contributed by atoms with E-state index in [0.29, 0.717) is 26.5 Å². The van der Waals surface area contributed by atoms with Gasteiger partial charge in [0, 0.05) is 17.0 Å². The largest absolute Gasteiger partial charge is 0.466 e. The van der Waals surface area contributed by atoms with Crippen LogP contribution in [0, 0.1) is 13.8 Å². The summed E-state index contributed by atoms with van der Waals surface area (Å²) in [5.74, 6) is -0.167. The Morgan fingerprint density at radius 2 is 2.04 bits per heavy atom. The summed E-state index contributed by atoms with van der Waals surface area (Å²) in [5.41, 5.74) is 1.03. The lowest BCUT2D eigenvalue weighted by atomic mass is 10.2. The smallest absolute Gasteiger partial charge is 0.406 e. The number of carbonyl (C=O) groups is 1. The van der Waals surface area contributed by atoms with Gasteiger partial charge in [0.2, 0.25) is 0 Å². The fourth-order valence-electron chi connectivity index (χ4n) is 2.22. The summed E-state index contributed by atoms with van der Waals surface area (Å²) >= 11 is 2.42. The second-order valence-corrected chi connectivity index (χ2v) is 7.86. The molecule has 0 aromatic carbocycles. The van der Waals surface area contributed by atoms with E-state index in [1.807, 2.05) is 13.8 Å². The Kier molecular flexibility index (Phi) is 6.15. The van der Waals surface area contributed by atoms with Gasteiger partial charge in [-0.05, 0) is 45.1 Å². The molecule has 0 fully saturated rings. The molecule has 0 unspecified atom stereocenters. The van der Waals surface area contributed by atoms with Crippen molar-refractivity contribution in [3.05, 3.63) is 23.0 Å². The third-order valence-electron chi connectivity index (χ3n) is 3.26. The molecule has 0 aliphatic heterocycles. The van der Waals surface area contributed by atoms with E-state index in [0.717, 1.165) is 4.57 Å². The summed E-state index contributed by atoms with van der Waals surface area (Å²) in [7, 11) is 0. The van der Waals surface area contributed by atoms with Crippen LogP contribution in [0.4, 0.5) is 13.2 Å². The van der Waals surface area contributed by atoms with Crippen molar-refractivity contribution >= 4 is 28.9 Å². The molecule has 0 saturated carbocycles. The first kappa shape index (κ1) is 19.8. The van der Waals surface area contributed by atoms with E-state index in [-0.39, 0.29) is 17.6 Å². The van der Waals surface area contributed by atoms with Gasteiger partial charge in [-0.15, -0.1) is 5.10 Å². The Balaban J connectivity index is 2.04. The monoisotopic (exact) mass is 393 g/mol. The number of aryl methyl sites for hydroxylation is 1. The third kappa shape index (κ3) is 5.46. The van der Waals surface area contributed by atoms with E-state index >= 15 is 0 Å². The Hall–Kier alpha value is -1.55. The molecule has 0 atom stereocenters. The zero-order valence-corrected chi connectivity index (χ0v) is 15.8. The number of hydrogen-bond donors (Lipinski definition) is 0. The molecule has 25 heavy (non-hydrogen) atoms. The van der Waals surface area contributed by atoms with E-state index in [4.69, 9.17) is 4.74 Å². The van der Waals surface area contributed by atoms with Crippen LogP contribution in [0.5, 0.6) is 5.19 Å². The normalized spacial score (nSPS) is 12.0. The van der Waals surface area contributed by atoms with E-state index in [2.05, 4.69) is 10.2 Å². The van der Waals surface area contributed by atoms with Crippen LogP contribution in [0.25, 0.3) is 0 Å². The number of carbonyl (C=O) groups excluding carboxylic acids is 1. The van der Waals surface area contributed by atoms with Crippen LogP contribution < -0.4 is 4.74 Å². The van der Waals surface area contributed by atoms with Gasteiger partial charge in [-0.25, -0.2) is 0 Å². The first-order valence-electron chi connectivity index (χ1n) is 7.46. The van der Waals surface area contributed by atoms with Gasteiger partial charge < -0.3 is 9.30 Å². The summed E-state index contributed by atoms with van der Waals surface area (Å²) in [4.78, 5) is 12.4. The summed E-state index contributed by atoms with van der Waals surface area (Å²) in [6.07, 6.45) is -4.35. The molecule has 0 saturated heterocycles. The first-order valence-corrected chi connectivity index (χ1v) is 9.26. The Morgan fingerprint density at radius 3 is 2.64 bits per heavy atom. The van der Waals surface area contributed by atoms with Crippen LogP contribution >= 0.6 is 23.1 Å². The third-order valence-corrected chi connectivity index (χ3v) is 5.21. The molecule has 2 aromatic rings. The molecule has 10 heteroatoms. The number of thioether (sulfide) groups is 1. The first-order chi connectivity index (χ1) is 11.6. The average molecular weight is 393 g/mol. The van der Waals surface area contributed by atoms with Crippen LogP contribution in [-0.2, 0) is 6.54 Å². The molecule has 2 aromatic heterocycles. The zero-order chi connectivity index (χ0) is 18.8. The molecule has 138 valence electrons. The summed E-state index contributed by atoms with van der Waals surface area (Å²) in [5, 5.41) is 8.22. The molecule has 0 N–H and O–H groups in total. The second-order valence-electron chi connectivity index (χ2n) is 5.70. The highest BCUT2D eigenvalue weighted by Gasteiger charge is 2.30. The van der Waals surface area contributed by atoms with Gasteiger partial charge in [0.1, 0.15) is 6.54 Å². The van der Waals surface area contributed by atoms with E-state index in [1.54, 1.807) is 6.92 Å². The predicted octanol–water partition coefficient (Wildman–Crippen LogP) is 4.28. The Morgan fingerprint density at radius 1 is 1.36 bits per heavy atom. The zero-order valence-electron chi connectivity index (χ0n) is 14.2. The Labute approximate surface area is 151 Å². The van der Waals surface area contributed by atoms with Gasteiger partial charge in [-0.3, -0.25) is 4.79 Å². The number of aromatic nitrogens is 3. The highest BCUT2D eigenvalue weighted by atomic mass is 32.2. The molecule has 0 aliphatic rings. The maximum atomic E-state index is 12.6. The number of hydrogen-bond acceptors (Lipinski definition) is 6. The van der Waals surface area contributed by atoms with Crippen LogP contribution in [0.1, 0.15) is 35.6 Å². The fraction of sp³-hybridized carbons (Fsp3) is 0.533. The summed E-state index contributed by atoms with van der Waals surface area (Å²) in [6, 6.07) is 1.50. The lowest BCUT2D eigenvalue weighted by Crippen LogP contribution is -2.19. The maximum absolute atomic E-state index is 12.6. The van der Waals surface area contributed by atoms with Gasteiger partial charge in [0.15, 0.2) is 10.1 Å². The molecule has 0 aliphatic carbocycles. The molecule has 0 spiro atoms. The number of ketones is 1. The van der Waals surface area contributed by atoms with Gasteiger partial charge in [-0.1, -0.05) is 16.9 Å². The predicted molar refractivity (Wildman–Crippen MR) is 90.7 cm³/mol. The summed E-state index contributed by atoms with van der Waals surface area (Å²) in [6.45, 7) is 5.72. The van der Waals surface area contributed by atoms with Gasteiger partial charge in [-0.2, -0.15) is 13.2 Å². The van der Waals surface area contributed by atoms with Crippen LogP contribution in [0.3, 0.4) is 0 Å². The van der Waals surface area contributed by atoms with E-state index in [1.165, 1.54) is 36.1 Å². The van der Waals surface area contributed by atoms with Gasteiger partial charge in [0.05, 0.1) is 11.9 Å². The van der Waals surface area contributed by atoms with Crippen LogP contribution in [0.15, 0.2) is 10.4 Å². The quantitative estimate of drug-likeness (QED) is 0.519. The molecular formula is C15H18F3N3O2S2. The van der Waals surface area contributed by atoms with Crippen LogP contribution in [-0.4, -0.2) is 38.6 Å². The van der Waals surface area contributed by atoms with Crippen molar-refractivity contribution in [3.63, 3.8) is 0 Å². The second kappa shape index (κ2) is 7.77. The number of rotatable bonds is 7. The van der Waals surface area contributed by atoms with Crippen LogP contribution in [0.2, 0.25) is 0 Å². The number of nitrogens with zero attached hydrogens (tertiary/aromatic N) is 3. The van der Waals surface area contributed by atoms with Crippen molar-refractivity contribution < 1.29 is 22.7 Å². The number of Topliss-reactive ketones (excluding diaryl/α,β-unsaturated/α-hetero) is 1. The minimum Gasteiger partial charge on any atom is -0.466 e. The lowest BCUT2D eigenvalue weighted by Gasteiger charge is -2.12. The Bertz CT molecular complexity index is 754. The van der Waals surface area contributed by atoms with Crippen molar-refractivity contribution in [1.82, 2.24) is 14.8 Å². The highest BCUT2D eigenvalue weighted by molar-refractivity contribution is 8.01.